The molecule has 0 aromatic rings. The molecule has 0 aromatic heterocycles. The maximum absolute atomic E-state index is 5.97. The average molecular weight is 201 g/mol. The Balaban J connectivity index is 1.87. The molecule has 0 saturated carbocycles. The van der Waals surface area contributed by atoms with E-state index in [1.165, 1.54) is 24.3 Å². The quantitative estimate of drug-likeness (QED) is 0.699. The van der Waals surface area contributed by atoms with Gasteiger partial charge in [-0.25, -0.2) is 0 Å². The average Bonchev–Trinajstić information content (AvgIpc) is 2.48. The molecule has 3 heteroatoms. The van der Waals surface area contributed by atoms with Crippen LogP contribution in [-0.2, 0) is 4.74 Å². The van der Waals surface area contributed by atoms with E-state index in [1.807, 2.05) is 0 Å². The molecule has 2 aliphatic rings. The van der Waals surface area contributed by atoms with Crippen LogP contribution in [0.15, 0.2) is 0 Å². The summed E-state index contributed by atoms with van der Waals surface area (Å²) in [5.41, 5.74) is 0.0508. The van der Waals surface area contributed by atoms with Crippen molar-refractivity contribution in [3.8, 4) is 0 Å². The molecule has 2 aliphatic heterocycles. The van der Waals surface area contributed by atoms with Gasteiger partial charge in [0.25, 0.3) is 0 Å². The van der Waals surface area contributed by atoms with Crippen molar-refractivity contribution in [2.24, 2.45) is 5.92 Å². The molecule has 2 saturated heterocycles. The van der Waals surface area contributed by atoms with Crippen molar-refractivity contribution in [2.75, 3.05) is 18.1 Å². The van der Waals surface area contributed by atoms with Crippen LogP contribution in [0, 0.1) is 5.92 Å². The lowest BCUT2D eigenvalue weighted by Crippen LogP contribution is -2.33. The first-order valence-electron chi connectivity index (χ1n) is 5.16. The van der Waals surface area contributed by atoms with Gasteiger partial charge in [-0.3, -0.25) is 5.32 Å². The van der Waals surface area contributed by atoms with E-state index in [0.29, 0.717) is 6.23 Å². The van der Waals surface area contributed by atoms with E-state index >= 15 is 0 Å². The summed E-state index contributed by atoms with van der Waals surface area (Å²) in [7, 11) is 0. The fourth-order valence-corrected chi connectivity index (χ4v) is 3.20. The number of nitrogens with one attached hydrogen (secondary N) is 1. The first-order chi connectivity index (χ1) is 6.17. The van der Waals surface area contributed by atoms with E-state index in [-0.39, 0.29) is 5.60 Å². The van der Waals surface area contributed by atoms with Crippen molar-refractivity contribution in [1.82, 2.24) is 5.32 Å². The van der Waals surface area contributed by atoms with Gasteiger partial charge in [-0.05, 0) is 38.2 Å². The molecule has 0 bridgehead atoms. The highest BCUT2D eigenvalue weighted by Crippen LogP contribution is 2.30. The van der Waals surface area contributed by atoms with Crippen molar-refractivity contribution >= 4 is 11.8 Å². The van der Waals surface area contributed by atoms with E-state index < -0.39 is 0 Å². The second-order valence-corrected chi connectivity index (χ2v) is 5.85. The van der Waals surface area contributed by atoms with Crippen molar-refractivity contribution in [3.05, 3.63) is 0 Å². The highest BCUT2D eigenvalue weighted by molar-refractivity contribution is 7.99. The largest absolute Gasteiger partial charge is 0.356 e. The fraction of sp³-hybridized carbons (Fsp3) is 1.00. The van der Waals surface area contributed by atoms with Gasteiger partial charge in [0.1, 0.15) is 6.23 Å². The Morgan fingerprint density at radius 2 is 2.00 bits per heavy atom. The lowest BCUT2D eigenvalue weighted by atomic mass is 10.0. The van der Waals surface area contributed by atoms with Gasteiger partial charge in [0.05, 0.1) is 5.60 Å². The minimum absolute atomic E-state index is 0.0508. The molecule has 2 rings (SSSR count). The smallest absolute Gasteiger partial charge is 0.111 e. The normalized spacial score (nSPS) is 35.1. The molecule has 13 heavy (non-hydrogen) atoms. The Bertz CT molecular complexity index is 178. The third kappa shape index (κ3) is 2.39. The Kier molecular flexibility index (Phi) is 2.86. The Morgan fingerprint density at radius 1 is 1.31 bits per heavy atom. The van der Waals surface area contributed by atoms with E-state index in [0.717, 1.165) is 12.5 Å². The van der Waals surface area contributed by atoms with Crippen LogP contribution in [0.25, 0.3) is 0 Å². The number of ether oxygens (including phenoxy) is 1. The second kappa shape index (κ2) is 3.79. The molecular formula is C10H19NOS. The lowest BCUT2D eigenvalue weighted by molar-refractivity contribution is -0.0434. The first-order valence-corrected chi connectivity index (χ1v) is 6.32. The highest BCUT2D eigenvalue weighted by Gasteiger charge is 2.36. The first kappa shape index (κ1) is 9.81. The van der Waals surface area contributed by atoms with Gasteiger partial charge < -0.3 is 4.74 Å². The monoisotopic (exact) mass is 201 g/mol. The zero-order valence-corrected chi connectivity index (χ0v) is 9.32. The van der Waals surface area contributed by atoms with E-state index in [9.17, 15) is 0 Å². The van der Waals surface area contributed by atoms with Crippen LogP contribution in [0.4, 0.5) is 0 Å². The number of hydrogen-bond acceptors (Lipinski definition) is 3. The number of thioether (sulfide) groups is 1. The molecule has 2 fully saturated rings. The third-order valence-electron chi connectivity index (χ3n) is 2.87. The molecule has 0 radical (unpaired) electrons. The topological polar surface area (TPSA) is 21.3 Å². The lowest BCUT2D eigenvalue weighted by Gasteiger charge is -2.28. The molecule has 0 amide bonds. The van der Waals surface area contributed by atoms with Crippen molar-refractivity contribution in [3.63, 3.8) is 0 Å². The van der Waals surface area contributed by atoms with Crippen LogP contribution < -0.4 is 5.32 Å². The van der Waals surface area contributed by atoms with Crippen LogP contribution in [0.1, 0.15) is 26.7 Å². The molecule has 1 unspecified atom stereocenters. The van der Waals surface area contributed by atoms with Gasteiger partial charge in [0.2, 0.25) is 0 Å². The van der Waals surface area contributed by atoms with Crippen LogP contribution in [0.3, 0.4) is 0 Å². The zero-order chi connectivity index (χ0) is 9.31. The summed E-state index contributed by atoms with van der Waals surface area (Å²) in [5.74, 6) is 3.38. The molecule has 2 heterocycles. The minimum Gasteiger partial charge on any atom is -0.356 e. The van der Waals surface area contributed by atoms with E-state index in [4.69, 9.17) is 4.74 Å². The maximum Gasteiger partial charge on any atom is 0.111 e. The maximum atomic E-state index is 5.97. The van der Waals surface area contributed by atoms with Crippen LogP contribution in [0.2, 0.25) is 0 Å². The molecule has 1 N–H and O–H groups in total. The number of rotatable bonds is 1. The molecule has 2 nitrogen and oxygen atoms in total. The third-order valence-corrected chi connectivity index (χ3v) is 3.92. The predicted molar refractivity (Wildman–Crippen MR) is 57.0 cm³/mol. The second-order valence-electron chi connectivity index (χ2n) is 4.63. The Labute approximate surface area is 84.8 Å². The van der Waals surface area contributed by atoms with Gasteiger partial charge in [0, 0.05) is 12.5 Å². The molecule has 0 aromatic carbocycles. The SMILES string of the molecule is CC1(C)CNC(C2CCSCC2)O1. The molecule has 0 aliphatic carbocycles. The van der Waals surface area contributed by atoms with E-state index in [2.05, 4.69) is 30.9 Å². The van der Waals surface area contributed by atoms with Crippen LogP contribution in [0.5, 0.6) is 0 Å². The van der Waals surface area contributed by atoms with Crippen molar-refractivity contribution < 1.29 is 4.74 Å². The highest BCUT2D eigenvalue weighted by atomic mass is 32.2. The van der Waals surface area contributed by atoms with Crippen molar-refractivity contribution in [2.45, 2.75) is 38.5 Å². The summed E-state index contributed by atoms with van der Waals surface area (Å²) in [4.78, 5) is 0. The summed E-state index contributed by atoms with van der Waals surface area (Å²) in [6.07, 6.45) is 2.97. The summed E-state index contributed by atoms with van der Waals surface area (Å²) < 4.78 is 5.97. The minimum atomic E-state index is 0.0508. The zero-order valence-electron chi connectivity index (χ0n) is 8.51. The van der Waals surface area contributed by atoms with Crippen molar-refractivity contribution in [1.29, 1.82) is 0 Å². The standard InChI is InChI=1S/C10H19NOS/c1-10(2)7-11-9(12-10)8-3-5-13-6-4-8/h8-9,11H,3-7H2,1-2H3. The van der Waals surface area contributed by atoms with Gasteiger partial charge in [-0.1, -0.05) is 0 Å². The summed E-state index contributed by atoms with van der Waals surface area (Å²) in [6, 6.07) is 0. The van der Waals surface area contributed by atoms with Gasteiger partial charge in [-0.2, -0.15) is 11.8 Å². The molecule has 1 atom stereocenters. The molecule has 0 spiro atoms. The van der Waals surface area contributed by atoms with Crippen LogP contribution in [-0.4, -0.2) is 29.9 Å². The van der Waals surface area contributed by atoms with E-state index in [1.54, 1.807) is 0 Å². The fourth-order valence-electron chi connectivity index (χ4n) is 2.05. The molecular weight excluding hydrogens is 182 g/mol. The van der Waals surface area contributed by atoms with Gasteiger partial charge in [0.15, 0.2) is 0 Å². The summed E-state index contributed by atoms with van der Waals surface area (Å²) in [6.45, 7) is 5.33. The van der Waals surface area contributed by atoms with Crippen LogP contribution >= 0.6 is 11.8 Å². The number of hydrogen-bond donors (Lipinski definition) is 1. The Hall–Kier alpha value is 0.270. The summed E-state index contributed by atoms with van der Waals surface area (Å²) in [5, 5.41) is 3.49. The predicted octanol–water partition coefficient (Wildman–Crippen LogP) is 1.85. The molecule has 76 valence electrons. The van der Waals surface area contributed by atoms with Gasteiger partial charge in [-0.15, -0.1) is 0 Å². The Morgan fingerprint density at radius 3 is 2.54 bits per heavy atom. The summed E-state index contributed by atoms with van der Waals surface area (Å²) >= 11 is 2.07. The van der Waals surface area contributed by atoms with Gasteiger partial charge >= 0.3 is 0 Å².